The molecule has 1 unspecified atom stereocenters. The molecule has 0 aliphatic heterocycles. The number of nitrogens with one attached hydrogen (secondary N) is 1. The highest BCUT2D eigenvalue weighted by Gasteiger charge is 2.44. The summed E-state index contributed by atoms with van der Waals surface area (Å²) in [5.74, 6) is -3.66. The lowest BCUT2D eigenvalue weighted by atomic mass is 10.1. The summed E-state index contributed by atoms with van der Waals surface area (Å²) >= 11 is 0. The van der Waals surface area contributed by atoms with Crippen LogP contribution >= 0.6 is 0 Å². The number of benzene rings is 1. The van der Waals surface area contributed by atoms with Crippen LogP contribution in [-0.4, -0.2) is 30.9 Å². The maximum atomic E-state index is 12.5. The quantitative estimate of drug-likeness (QED) is 0.846. The van der Waals surface area contributed by atoms with Crippen molar-refractivity contribution in [1.29, 1.82) is 0 Å². The van der Waals surface area contributed by atoms with Gasteiger partial charge in [-0.1, -0.05) is 12.1 Å². The van der Waals surface area contributed by atoms with Crippen LogP contribution in [-0.2, 0) is 4.79 Å². The van der Waals surface area contributed by atoms with E-state index in [9.17, 15) is 18.0 Å². The summed E-state index contributed by atoms with van der Waals surface area (Å²) < 4.78 is 42.4. The van der Waals surface area contributed by atoms with E-state index in [-0.39, 0.29) is 0 Å². The molecule has 0 fully saturated rings. The molecule has 0 aliphatic carbocycles. The SMILES string of the molecule is COc1ccc([C@@H](C)NCC(C(=O)O)C(F)(F)F)cc1. The van der Waals surface area contributed by atoms with Crippen molar-refractivity contribution in [3.8, 4) is 5.75 Å². The van der Waals surface area contributed by atoms with E-state index >= 15 is 0 Å². The van der Waals surface area contributed by atoms with Gasteiger partial charge in [0.05, 0.1) is 7.11 Å². The van der Waals surface area contributed by atoms with E-state index in [1.165, 1.54) is 7.11 Å². The van der Waals surface area contributed by atoms with Gasteiger partial charge in [0, 0.05) is 12.6 Å². The van der Waals surface area contributed by atoms with Gasteiger partial charge in [-0.2, -0.15) is 13.2 Å². The smallest absolute Gasteiger partial charge is 0.403 e. The van der Waals surface area contributed by atoms with Crippen LogP contribution in [0, 0.1) is 5.92 Å². The van der Waals surface area contributed by atoms with E-state index in [1.54, 1.807) is 31.2 Å². The first-order chi connectivity index (χ1) is 9.25. The lowest BCUT2D eigenvalue weighted by molar-refractivity contribution is -0.192. The van der Waals surface area contributed by atoms with Gasteiger partial charge in [0.2, 0.25) is 0 Å². The Hall–Kier alpha value is -1.76. The zero-order valence-corrected chi connectivity index (χ0v) is 11.1. The van der Waals surface area contributed by atoms with Crippen molar-refractivity contribution in [3.63, 3.8) is 0 Å². The number of halogens is 3. The third-order valence-electron chi connectivity index (χ3n) is 2.94. The fraction of sp³-hybridized carbons (Fsp3) is 0.462. The highest BCUT2D eigenvalue weighted by molar-refractivity contribution is 5.71. The molecule has 0 aliphatic rings. The highest BCUT2D eigenvalue weighted by atomic mass is 19.4. The van der Waals surface area contributed by atoms with Gasteiger partial charge in [-0.3, -0.25) is 4.79 Å². The molecule has 7 heteroatoms. The monoisotopic (exact) mass is 291 g/mol. The Morgan fingerprint density at radius 1 is 1.35 bits per heavy atom. The highest BCUT2D eigenvalue weighted by Crippen LogP contribution is 2.26. The first-order valence-corrected chi connectivity index (χ1v) is 5.92. The Labute approximate surface area is 114 Å². The number of hydrogen-bond donors (Lipinski definition) is 2. The van der Waals surface area contributed by atoms with Gasteiger partial charge < -0.3 is 15.2 Å². The van der Waals surface area contributed by atoms with Crippen LogP contribution in [0.1, 0.15) is 18.5 Å². The van der Waals surface area contributed by atoms with E-state index in [0.29, 0.717) is 5.75 Å². The summed E-state index contributed by atoms with van der Waals surface area (Å²) in [5.41, 5.74) is 0.747. The van der Waals surface area contributed by atoms with Gasteiger partial charge in [-0.05, 0) is 24.6 Å². The summed E-state index contributed by atoms with van der Waals surface area (Å²) in [4.78, 5) is 10.6. The van der Waals surface area contributed by atoms with Crippen LogP contribution in [0.15, 0.2) is 24.3 Å². The topological polar surface area (TPSA) is 58.6 Å². The van der Waals surface area contributed by atoms with E-state index < -0.39 is 30.7 Å². The average molecular weight is 291 g/mol. The molecular formula is C13H16F3NO3. The van der Waals surface area contributed by atoms with Gasteiger partial charge in [0.1, 0.15) is 5.75 Å². The van der Waals surface area contributed by atoms with Gasteiger partial charge in [-0.25, -0.2) is 0 Å². The molecule has 112 valence electrons. The summed E-state index contributed by atoms with van der Waals surface area (Å²) in [6.45, 7) is 0.989. The predicted octanol–water partition coefficient (Wildman–Crippen LogP) is 2.61. The molecule has 0 saturated carbocycles. The second kappa shape index (κ2) is 6.60. The van der Waals surface area contributed by atoms with Crippen LogP contribution in [0.2, 0.25) is 0 Å². The van der Waals surface area contributed by atoms with E-state index in [2.05, 4.69) is 5.32 Å². The summed E-state index contributed by atoms with van der Waals surface area (Å²) in [5, 5.41) is 11.2. The summed E-state index contributed by atoms with van der Waals surface area (Å²) in [6, 6.07) is 6.39. The second-order valence-corrected chi connectivity index (χ2v) is 4.34. The lowest BCUT2D eigenvalue weighted by Crippen LogP contribution is -2.39. The molecule has 0 bridgehead atoms. The molecule has 1 aromatic rings. The number of carboxylic acid groups (broad SMARTS) is 1. The minimum atomic E-state index is -4.77. The minimum Gasteiger partial charge on any atom is -0.497 e. The molecule has 0 spiro atoms. The maximum Gasteiger partial charge on any atom is 0.403 e. The zero-order valence-electron chi connectivity index (χ0n) is 11.1. The molecule has 2 N–H and O–H groups in total. The number of rotatable bonds is 6. The molecule has 1 aromatic carbocycles. The molecule has 0 heterocycles. The Bertz CT molecular complexity index is 445. The van der Waals surface area contributed by atoms with Crippen LogP contribution in [0.25, 0.3) is 0 Å². The van der Waals surface area contributed by atoms with Crippen LogP contribution in [0.4, 0.5) is 13.2 Å². The number of carbonyl (C=O) groups is 1. The largest absolute Gasteiger partial charge is 0.497 e. The number of methoxy groups -OCH3 is 1. The number of aliphatic carboxylic acids is 1. The summed E-state index contributed by atoms with van der Waals surface area (Å²) in [6.07, 6.45) is -4.77. The zero-order chi connectivity index (χ0) is 15.3. The van der Waals surface area contributed by atoms with Gasteiger partial charge in [0.25, 0.3) is 0 Å². The minimum absolute atomic E-state index is 0.398. The Balaban J connectivity index is 2.65. The number of hydrogen-bond acceptors (Lipinski definition) is 3. The standard InChI is InChI=1S/C13H16F3NO3/c1-8(9-3-5-10(20-2)6-4-9)17-7-11(12(18)19)13(14,15)16/h3-6,8,11,17H,7H2,1-2H3,(H,18,19)/t8-,11?/m1/s1. The van der Waals surface area contributed by atoms with Crippen molar-refractivity contribution < 1.29 is 27.8 Å². The van der Waals surface area contributed by atoms with Crippen molar-refractivity contribution in [3.05, 3.63) is 29.8 Å². The number of ether oxygens (including phenoxy) is 1. The van der Waals surface area contributed by atoms with Crippen LogP contribution < -0.4 is 10.1 Å². The first kappa shape index (κ1) is 16.3. The van der Waals surface area contributed by atoms with Gasteiger partial charge in [-0.15, -0.1) is 0 Å². The maximum absolute atomic E-state index is 12.5. The fourth-order valence-electron chi connectivity index (χ4n) is 1.65. The molecule has 0 radical (unpaired) electrons. The van der Waals surface area contributed by atoms with Crippen molar-refractivity contribution in [2.24, 2.45) is 5.92 Å². The second-order valence-electron chi connectivity index (χ2n) is 4.34. The Morgan fingerprint density at radius 2 is 1.90 bits per heavy atom. The first-order valence-electron chi connectivity index (χ1n) is 5.92. The molecule has 2 atom stereocenters. The molecule has 20 heavy (non-hydrogen) atoms. The molecule has 1 rings (SSSR count). The van der Waals surface area contributed by atoms with Crippen LogP contribution in [0.3, 0.4) is 0 Å². The predicted molar refractivity (Wildman–Crippen MR) is 66.6 cm³/mol. The van der Waals surface area contributed by atoms with Crippen LogP contribution in [0.5, 0.6) is 5.75 Å². The molecular weight excluding hydrogens is 275 g/mol. The molecule has 0 amide bonds. The molecule has 0 aromatic heterocycles. The van der Waals surface area contributed by atoms with Crippen molar-refractivity contribution in [2.45, 2.75) is 19.1 Å². The normalized spacial score (nSPS) is 14.7. The number of alkyl halides is 3. The Morgan fingerprint density at radius 3 is 2.30 bits per heavy atom. The molecule has 0 saturated heterocycles. The van der Waals surface area contributed by atoms with Gasteiger partial charge in [0.15, 0.2) is 5.92 Å². The van der Waals surface area contributed by atoms with Crippen molar-refractivity contribution >= 4 is 5.97 Å². The average Bonchev–Trinajstić information content (AvgIpc) is 2.36. The van der Waals surface area contributed by atoms with E-state index in [4.69, 9.17) is 9.84 Å². The molecule has 4 nitrogen and oxygen atoms in total. The van der Waals surface area contributed by atoms with Crippen molar-refractivity contribution in [1.82, 2.24) is 5.32 Å². The Kier molecular flexibility index (Phi) is 5.38. The van der Waals surface area contributed by atoms with Crippen molar-refractivity contribution in [2.75, 3.05) is 13.7 Å². The number of carboxylic acids is 1. The third kappa shape index (κ3) is 4.41. The van der Waals surface area contributed by atoms with E-state index in [0.717, 1.165) is 5.56 Å². The lowest BCUT2D eigenvalue weighted by Gasteiger charge is -2.20. The third-order valence-corrected chi connectivity index (χ3v) is 2.94. The summed E-state index contributed by atoms with van der Waals surface area (Å²) in [7, 11) is 1.51. The fourth-order valence-corrected chi connectivity index (χ4v) is 1.65. The van der Waals surface area contributed by atoms with Gasteiger partial charge >= 0.3 is 12.1 Å². The van der Waals surface area contributed by atoms with E-state index in [1.807, 2.05) is 0 Å².